The second kappa shape index (κ2) is 7.22. The number of rotatable bonds is 6. The third-order valence-electron chi connectivity index (χ3n) is 3.96. The molecule has 0 fully saturated rings. The number of carboxylic acid groups (broad SMARTS) is 1. The molecule has 2 N–H and O–H groups in total. The number of methoxy groups -OCH3 is 1. The number of hydrogen-bond acceptors (Lipinski definition) is 3. The van der Waals surface area contributed by atoms with Gasteiger partial charge in [0.1, 0.15) is 0 Å². The lowest BCUT2D eigenvalue weighted by Crippen LogP contribution is -2.39. The van der Waals surface area contributed by atoms with Crippen LogP contribution in [-0.2, 0) is 27.2 Å². The summed E-state index contributed by atoms with van der Waals surface area (Å²) in [6.07, 6.45) is 1.90. The maximum atomic E-state index is 12.2. The van der Waals surface area contributed by atoms with Gasteiger partial charge in [0.15, 0.2) is 0 Å². The van der Waals surface area contributed by atoms with E-state index in [1.165, 1.54) is 18.2 Å². The molecule has 1 aromatic rings. The van der Waals surface area contributed by atoms with Crippen LogP contribution in [0.25, 0.3) is 0 Å². The first-order chi connectivity index (χ1) is 10.1. The topological polar surface area (TPSA) is 75.6 Å². The maximum absolute atomic E-state index is 12.2. The van der Waals surface area contributed by atoms with Gasteiger partial charge < -0.3 is 15.2 Å². The molecule has 0 aliphatic heterocycles. The molecule has 0 saturated heterocycles. The number of carbonyl (C=O) groups is 2. The van der Waals surface area contributed by atoms with Crippen LogP contribution in [0.2, 0.25) is 0 Å². The Morgan fingerprint density at radius 2 is 2.10 bits per heavy atom. The molecule has 1 aromatic carbocycles. The lowest BCUT2D eigenvalue weighted by Gasteiger charge is -2.24. The Hall–Kier alpha value is -1.88. The molecule has 5 heteroatoms. The minimum absolute atomic E-state index is 0.0167. The summed E-state index contributed by atoms with van der Waals surface area (Å²) >= 11 is 0. The normalized spacial score (nSPS) is 18.6. The van der Waals surface area contributed by atoms with E-state index in [9.17, 15) is 9.59 Å². The van der Waals surface area contributed by atoms with Crippen LogP contribution in [0.1, 0.15) is 24.0 Å². The van der Waals surface area contributed by atoms with Gasteiger partial charge in [-0.05, 0) is 30.4 Å². The van der Waals surface area contributed by atoms with E-state index >= 15 is 0 Å². The highest BCUT2D eigenvalue weighted by Gasteiger charge is 2.25. The van der Waals surface area contributed by atoms with Crippen LogP contribution in [0.3, 0.4) is 0 Å². The second-order valence-electron chi connectivity index (χ2n) is 5.41. The fourth-order valence-corrected chi connectivity index (χ4v) is 2.71. The summed E-state index contributed by atoms with van der Waals surface area (Å²) < 4.78 is 5.06. The van der Waals surface area contributed by atoms with Crippen LogP contribution in [0.4, 0.5) is 0 Å². The number of hydrogen-bond donors (Lipinski definition) is 2. The Labute approximate surface area is 124 Å². The van der Waals surface area contributed by atoms with Crippen molar-refractivity contribution in [3.8, 4) is 0 Å². The number of ether oxygens (including phenoxy) is 1. The van der Waals surface area contributed by atoms with Crippen LogP contribution >= 0.6 is 0 Å². The lowest BCUT2D eigenvalue weighted by atomic mass is 9.83. The minimum Gasteiger partial charge on any atom is -0.481 e. The molecule has 0 aromatic heterocycles. The molecule has 0 bridgehead atoms. The summed E-state index contributed by atoms with van der Waals surface area (Å²) in [6.45, 7) is 0.236. The summed E-state index contributed by atoms with van der Waals surface area (Å²) in [4.78, 5) is 22.9. The molecule has 21 heavy (non-hydrogen) atoms. The van der Waals surface area contributed by atoms with E-state index in [1.807, 2.05) is 12.1 Å². The molecule has 2 atom stereocenters. The van der Waals surface area contributed by atoms with Gasteiger partial charge in [-0.3, -0.25) is 9.59 Å². The summed E-state index contributed by atoms with van der Waals surface area (Å²) in [7, 11) is 1.45. The number of benzene rings is 1. The molecule has 0 spiro atoms. The molecule has 114 valence electrons. The number of fused-ring (bicyclic) bond motifs is 1. The summed E-state index contributed by atoms with van der Waals surface area (Å²) in [6, 6.07) is 8.19. The average Bonchev–Trinajstić information content (AvgIpc) is 2.50. The second-order valence-corrected chi connectivity index (χ2v) is 5.41. The van der Waals surface area contributed by atoms with Crippen LogP contribution in [-0.4, -0.2) is 36.7 Å². The van der Waals surface area contributed by atoms with Crippen molar-refractivity contribution < 1.29 is 19.4 Å². The van der Waals surface area contributed by atoms with Gasteiger partial charge in [0.2, 0.25) is 5.91 Å². The maximum Gasteiger partial charge on any atom is 0.306 e. The predicted molar refractivity (Wildman–Crippen MR) is 78.0 cm³/mol. The monoisotopic (exact) mass is 291 g/mol. The largest absolute Gasteiger partial charge is 0.481 e. The summed E-state index contributed by atoms with van der Waals surface area (Å²) in [5.41, 5.74) is 2.56. The molecule has 5 nitrogen and oxygen atoms in total. The highest BCUT2D eigenvalue weighted by atomic mass is 16.5. The van der Waals surface area contributed by atoms with Crippen molar-refractivity contribution in [1.82, 2.24) is 5.32 Å². The lowest BCUT2D eigenvalue weighted by molar-refractivity contribution is -0.140. The van der Waals surface area contributed by atoms with Gasteiger partial charge in [-0.15, -0.1) is 0 Å². The van der Waals surface area contributed by atoms with E-state index < -0.39 is 12.1 Å². The summed E-state index contributed by atoms with van der Waals surface area (Å²) in [5.74, 6) is -0.984. The number of aliphatic carboxylic acids is 1. The molecule has 1 aliphatic rings. The zero-order chi connectivity index (χ0) is 15.2. The number of carboxylic acids is 1. The van der Waals surface area contributed by atoms with Crippen molar-refractivity contribution in [2.45, 2.75) is 31.8 Å². The Bertz CT molecular complexity index is 515. The van der Waals surface area contributed by atoms with E-state index in [0.29, 0.717) is 0 Å². The van der Waals surface area contributed by atoms with Crippen LogP contribution in [0, 0.1) is 5.92 Å². The van der Waals surface area contributed by atoms with Gasteiger partial charge in [0, 0.05) is 19.6 Å². The van der Waals surface area contributed by atoms with Crippen molar-refractivity contribution in [2.24, 2.45) is 5.92 Å². The fraction of sp³-hybridized carbons (Fsp3) is 0.500. The average molecular weight is 291 g/mol. The Morgan fingerprint density at radius 3 is 2.76 bits per heavy atom. The standard InChI is InChI=1S/C16H21NO4/c1-21-14(9-15(18)19)10-17-16(20)13-7-6-11-4-2-3-5-12(11)8-13/h2-5,13-14H,6-10H2,1H3,(H,17,20)(H,18,19). The van der Waals surface area contributed by atoms with Crippen molar-refractivity contribution in [3.63, 3.8) is 0 Å². The zero-order valence-corrected chi connectivity index (χ0v) is 12.2. The van der Waals surface area contributed by atoms with E-state index in [2.05, 4.69) is 17.4 Å². The van der Waals surface area contributed by atoms with E-state index in [0.717, 1.165) is 19.3 Å². The Morgan fingerprint density at radius 1 is 1.38 bits per heavy atom. The first-order valence-electron chi connectivity index (χ1n) is 7.19. The molecule has 0 saturated carbocycles. The molecule has 2 rings (SSSR count). The molecule has 0 heterocycles. The van der Waals surface area contributed by atoms with E-state index in [1.54, 1.807) is 0 Å². The highest BCUT2D eigenvalue weighted by molar-refractivity contribution is 5.79. The molecular weight excluding hydrogens is 270 g/mol. The molecule has 0 radical (unpaired) electrons. The zero-order valence-electron chi connectivity index (χ0n) is 12.2. The summed E-state index contributed by atoms with van der Waals surface area (Å²) in [5, 5.41) is 11.6. The fourth-order valence-electron chi connectivity index (χ4n) is 2.71. The smallest absolute Gasteiger partial charge is 0.306 e. The quantitative estimate of drug-likeness (QED) is 0.830. The molecule has 1 amide bonds. The number of amides is 1. The van der Waals surface area contributed by atoms with Crippen molar-refractivity contribution in [1.29, 1.82) is 0 Å². The van der Waals surface area contributed by atoms with Gasteiger partial charge in [-0.1, -0.05) is 24.3 Å². The van der Waals surface area contributed by atoms with Crippen molar-refractivity contribution >= 4 is 11.9 Å². The number of nitrogens with one attached hydrogen (secondary N) is 1. The van der Waals surface area contributed by atoms with Gasteiger partial charge in [0.05, 0.1) is 12.5 Å². The molecule has 1 aliphatic carbocycles. The Kier molecular flexibility index (Phi) is 5.33. The number of carbonyl (C=O) groups excluding carboxylic acids is 1. The van der Waals surface area contributed by atoms with Gasteiger partial charge in [-0.2, -0.15) is 0 Å². The van der Waals surface area contributed by atoms with Crippen molar-refractivity contribution in [3.05, 3.63) is 35.4 Å². The van der Waals surface area contributed by atoms with Gasteiger partial charge in [-0.25, -0.2) is 0 Å². The van der Waals surface area contributed by atoms with Crippen LogP contribution < -0.4 is 5.32 Å². The minimum atomic E-state index is -0.928. The SMILES string of the molecule is COC(CNC(=O)C1CCc2ccccc2C1)CC(=O)O. The highest BCUT2D eigenvalue weighted by Crippen LogP contribution is 2.25. The van der Waals surface area contributed by atoms with Crippen molar-refractivity contribution in [2.75, 3.05) is 13.7 Å². The Balaban J connectivity index is 1.86. The molecular formula is C16H21NO4. The molecule has 2 unspecified atom stereocenters. The van der Waals surface area contributed by atoms with E-state index in [4.69, 9.17) is 9.84 Å². The first-order valence-corrected chi connectivity index (χ1v) is 7.19. The third-order valence-corrected chi connectivity index (χ3v) is 3.96. The van der Waals surface area contributed by atoms with Gasteiger partial charge in [0.25, 0.3) is 0 Å². The number of aryl methyl sites for hydroxylation is 1. The first kappa shape index (κ1) is 15.5. The van der Waals surface area contributed by atoms with Crippen LogP contribution in [0.15, 0.2) is 24.3 Å². The predicted octanol–water partition coefficient (Wildman–Crippen LogP) is 1.40. The van der Waals surface area contributed by atoms with Gasteiger partial charge >= 0.3 is 5.97 Å². The third kappa shape index (κ3) is 4.29. The van der Waals surface area contributed by atoms with Crippen LogP contribution in [0.5, 0.6) is 0 Å². The van der Waals surface area contributed by atoms with E-state index in [-0.39, 0.29) is 24.8 Å².